The standard InChI is InChI=1S/C19H15ClIN3O3S/c20-13-1-5-15(6-2-13)22-19(25)23-16-9-11-18(12-10-16)28(26,27)24-17-7-3-14(21)4-8-17/h1-12,24H,(H2,22,23,25). The normalized spacial score (nSPS) is 10.9. The molecular formula is C19H15ClIN3O3S. The largest absolute Gasteiger partial charge is 0.323 e. The average Bonchev–Trinajstić information content (AvgIpc) is 2.66. The molecule has 0 radical (unpaired) electrons. The molecule has 28 heavy (non-hydrogen) atoms. The fourth-order valence-electron chi connectivity index (χ4n) is 2.28. The minimum Gasteiger partial charge on any atom is -0.308 e. The van der Waals surface area contributed by atoms with E-state index in [-0.39, 0.29) is 4.90 Å². The second kappa shape index (κ2) is 8.80. The maximum Gasteiger partial charge on any atom is 0.323 e. The Morgan fingerprint density at radius 3 is 1.75 bits per heavy atom. The number of nitrogens with one attached hydrogen (secondary N) is 3. The summed E-state index contributed by atoms with van der Waals surface area (Å²) in [7, 11) is -3.72. The summed E-state index contributed by atoms with van der Waals surface area (Å²) in [5.74, 6) is 0. The molecule has 0 aromatic heterocycles. The minimum absolute atomic E-state index is 0.0923. The van der Waals surface area contributed by atoms with Crippen LogP contribution in [0, 0.1) is 3.57 Å². The number of sulfonamides is 1. The summed E-state index contributed by atoms with van der Waals surface area (Å²) in [6, 6.07) is 19.1. The first-order chi connectivity index (χ1) is 13.3. The van der Waals surface area contributed by atoms with Gasteiger partial charge in [0.2, 0.25) is 0 Å². The number of halogens is 2. The molecule has 0 saturated carbocycles. The van der Waals surface area contributed by atoms with E-state index < -0.39 is 16.1 Å². The zero-order chi connectivity index (χ0) is 20.1. The van der Waals surface area contributed by atoms with Crippen LogP contribution in [-0.4, -0.2) is 14.4 Å². The van der Waals surface area contributed by atoms with Crippen LogP contribution in [0.25, 0.3) is 0 Å². The number of carbonyl (C=O) groups excluding carboxylic acids is 1. The number of urea groups is 1. The number of anilines is 3. The van der Waals surface area contributed by atoms with Gasteiger partial charge in [0.15, 0.2) is 0 Å². The van der Waals surface area contributed by atoms with Gasteiger partial charge >= 0.3 is 6.03 Å². The molecule has 6 nitrogen and oxygen atoms in total. The summed E-state index contributed by atoms with van der Waals surface area (Å²) in [4.78, 5) is 12.1. The molecule has 3 aromatic rings. The molecule has 0 spiro atoms. The lowest BCUT2D eigenvalue weighted by atomic mass is 10.3. The Morgan fingerprint density at radius 1 is 0.750 bits per heavy atom. The number of carbonyl (C=O) groups is 1. The molecule has 2 amide bonds. The second-order valence-corrected chi connectivity index (χ2v) is 9.09. The second-order valence-electron chi connectivity index (χ2n) is 5.72. The van der Waals surface area contributed by atoms with Crippen molar-refractivity contribution >= 4 is 67.3 Å². The quantitative estimate of drug-likeness (QED) is 0.389. The SMILES string of the molecule is O=C(Nc1ccc(Cl)cc1)Nc1ccc(S(=O)(=O)Nc2ccc(I)cc2)cc1. The molecule has 0 aliphatic heterocycles. The van der Waals surface area contributed by atoms with Gasteiger partial charge in [-0.05, 0) is 95.4 Å². The number of rotatable bonds is 5. The lowest BCUT2D eigenvalue weighted by Crippen LogP contribution is -2.19. The Kier molecular flexibility index (Phi) is 6.42. The molecule has 0 aliphatic carbocycles. The number of hydrogen-bond acceptors (Lipinski definition) is 3. The highest BCUT2D eigenvalue weighted by Crippen LogP contribution is 2.19. The van der Waals surface area contributed by atoms with E-state index in [1.807, 2.05) is 12.1 Å². The maximum absolute atomic E-state index is 12.5. The van der Waals surface area contributed by atoms with Crippen LogP contribution in [0.4, 0.5) is 21.9 Å². The Bertz CT molecular complexity index is 1070. The van der Waals surface area contributed by atoms with Gasteiger partial charge in [-0.3, -0.25) is 4.72 Å². The van der Waals surface area contributed by atoms with E-state index in [2.05, 4.69) is 37.9 Å². The van der Waals surface area contributed by atoms with Crippen molar-refractivity contribution < 1.29 is 13.2 Å². The molecule has 0 aliphatic rings. The molecule has 3 rings (SSSR count). The highest BCUT2D eigenvalue weighted by atomic mass is 127. The van der Waals surface area contributed by atoms with E-state index in [1.165, 1.54) is 24.3 Å². The van der Waals surface area contributed by atoms with Crippen molar-refractivity contribution in [2.45, 2.75) is 4.90 Å². The Hall–Kier alpha value is -2.30. The monoisotopic (exact) mass is 527 g/mol. The van der Waals surface area contributed by atoms with Crippen LogP contribution >= 0.6 is 34.2 Å². The molecular weight excluding hydrogens is 513 g/mol. The third kappa shape index (κ3) is 5.60. The number of hydrogen-bond donors (Lipinski definition) is 3. The van der Waals surface area contributed by atoms with Crippen molar-refractivity contribution in [2.24, 2.45) is 0 Å². The van der Waals surface area contributed by atoms with Gasteiger partial charge in [0.25, 0.3) is 10.0 Å². The Morgan fingerprint density at radius 2 is 1.21 bits per heavy atom. The summed E-state index contributed by atoms with van der Waals surface area (Å²) in [6.07, 6.45) is 0. The Labute approximate surface area is 181 Å². The van der Waals surface area contributed by atoms with E-state index in [0.29, 0.717) is 22.1 Å². The zero-order valence-corrected chi connectivity index (χ0v) is 18.0. The molecule has 9 heteroatoms. The molecule has 3 N–H and O–H groups in total. The van der Waals surface area contributed by atoms with Crippen molar-refractivity contribution in [3.8, 4) is 0 Å². The van der Waals surface area contributed by atoms with Crippen molar-refractivity contribution in [2.75, 3.05) is 15.4 Å². The van der Waals surface area contributed by atoms with Gasteiger partial charge < -0.3 is 10.6 Å². The smallest absolute Gasteiger partial charge is 0.308 e. The lowest BCUT2D eigenvalue weighted by molar-refractivity contribution is 0.262. The lowest BCUT2D eigenvalue weighted by Gasteiger charge is -2.10. The Balaban J connectivity index is 1.64. The van der Waals surface area contributed by atoms with Gasteiger partial charge in [-0.25, -0.2) is 13.2 Å². The van der Waals surface area contributed by atoms with Gasteiger partial charge in [0.05, 0.1) is 4.90 Å². The average molecular weight is 528 g/mol. The molecule has 144 valence electrons. The molecule has 0 heterocycles. The zero-order valence-electron chi connectivity index (χ0n) is 14.3. The van der Waals surface area contributed by atoms with Crippen LogP contribution in [0.15, 0.2) is 77.7 Å². The summed E-state index contributed by atoms with van der Waals surface area (Å²) in [6.45, 7) is 0. The van der Waals surface area contributed by atoms with Crippen LogP contribution in [0.1, 0.15) is 0 Å². The molecule has 0 fully saturated rings. The predicted molar refractivity (Wildman–Crippen MR) is 121 cm³/mol. The fourth-order valence-corrected chi connectivity index (χ4v) is 3.82. The van der Waals surface area contributed by atoms with Gasteiger partial charge in [-0.2, -0.15) is 0 Å². The predicted octanol–water partition coefficient (Wildman–Crippen LogP) is 5.39. The van der Waals surface area contributed by atoms with Crippen molar-refractivity contribution in [1.29, 1.82) is 0 Å². The van der Waals surface area contributed by atoms with Gasteiger partial charge in [0, 0.05) is 25.7 Å². The van der Waals surface area contributed by atoms with E-state index in [4.69, 9.17) is 11.6 Å². The summed E-state index contributed by atoms with van der Waals surface area (Å²) < 4.78 is 28.5. The third-order valence-corrected chi connectivity index (χ3v) is 5.99. The third-order valence-electron chi connectivity index (χ3n) is 3.62. The van der Waals surface area contributed by atoms with E-state index in [9.17, 15) is 13.2 Å². The van der Waals surface area contributed by atoms with Gasteiger partial charge in [0.1, 0.15) is 0 Å². The maximum atomic E-state index is 12.5. The van der Waals surface area contributed by atoms with Crippen molar-refractivity contribution in [1.82, 2.24) is 0 Å². The fraction of sp³-hybridized carbons (Fsp3) is 0. The first kappa shape index (κ1) is 20.4. The molecule has 0 unspecified atom stereocenters. The topological polar surface area (TPSA) is 87.3 Å². The minimum atomic E-state index is -3.72. The number of benzene rings is 3. The number of amides is 2. The van der Waals surface area contributed by atoms with Crippen LogP contribution in [0.5, 0.6) is 0 Å². The van der Waals surface area contributed by atoms with Crippen LogP contribution in [-0.2, 0) is 10.0 Å². The summed E-state index contributed by atoms with van der Waals surface area (Å²) in [5, 5.41) is 5.87. The van der Waals surface area contributed by atoms with Crippen molar-refractivity contribution in [3.63, 3.8) is 0 Å². The molecule has 0 atom stereocenters. The van der Waals surface area contributed by atoms with E-state index in [0.717, 1.165) is 3.57 Å². The molecule has 0 saturated heterocycles. The van der Waals surface area contributed by atoms with Gasteiger partial charge in [-0.1, -0.05) is 11.6 Å². The summed E-state index contributed by atoms with van der Waals surface area (Å²) in [5.41, 5.74) is 1.52. The molecule has 3 aromatic carbocycles. The van der Waals surface area contributed by atoms with Crippen LogP contribution < -0.4 is 15.4 Å². The van der Waals surface area contributed by atoms with Crippen molar-refractivity contribution in [3.05, 3.63) is 81.4 Å². The molecule has 0 bridgehead atoms. The van der Waals surface area contributed by atoms with Crippen LogP contribution in [0.3, 0.4) is 0 Å². The van der Waals surface area contributed by atoms with Crippen LogP contribution in [0.2, 0.25) is 5.02 Å². The van der Waals surface area contributed by atoms with E-state index in [1.54, 1.807) is 36.4 Å². The highest BCUT2D eigenvalue weighted by Gasteiger charge is 2.14. The first-order valence-corrected chi connectivity index (χ1v) is 11.0. The van der Waals surface area contributed by atoms with Gasteiger partial charge in [-0.15, -0.1) is 0 Å². The summed E-state index contributed by atoms with van der Waals surface area (Å²) >= 11 is 7.95. The van der Waals surface area contributed by atoms with E-state index >= 15 is 0 Å². The first-order valence-electron chi connectivity index (χ1n) is 8.04. The highest BCUT2D eigenvalue weighted by molar-refractivity contribution is 14.1.